The third-order valence-corrected chi connectivity index (χ3v) is 7.67. The molecule has 41 heavy (non-hydrogen) atoms. The number of carboxylic acids is 1. The lowest BCUT2D eigenvalue weighted by atomic mass is 9.98. The molecule has 0 radical (unpaired) electrons. The lowest BCUT2D eigenvalue weighted by Gasteiger charge is -2.38. The number of carboxylic acid groups (broad SMARTS) is 1. The molecule has 0 bridgehead atoms. The van der Waals surface area contributed by atoms with Crippen LogP contribution in [0, 0.1) is 0 Å². The molecule has 0 unspecified atom stereocenters. The van der Waals surface area contributed by atoms with Crippen molar-refractivity contribution in [3.63, 3.8) is 0 Å². The van der Waals surface area contributed by atoms with Gasteiger partial charge in [-0.3, -0.25) is 14.5 Å². The van der Waals surface area contributed by atoms with Gasteiger partial charge in [0.15, 0.2) is 5.88 Å². The second-order valence-electron chi connectivity index (χ2n) is 10.4. The van der Waals surface area contributed by atoms with Crippen LogP contribution in [0.2, 0.25) is 0 Å². The molecular formula is C32H34N4O5. The number of amides is 1. The zero-order valence-corrected chi connectivity index (χ0v) is 23.1. The fraction of sp³-hybridized carbons (Fsp3) is 0.281. The number of likely N-dealkylation sites (tertiary alicyclic amines) is 1. The van der Waals surface area contributed by atoms with Crippen molar-refractivity contribution in [2.24, 2.45) is 4.99 Å². The van der Waals surface area contributed by atoms with E-state index in [-0.39, 0.29) is 17.4 Å². The standard InChI is InChI=1S/C32H34N4O5/c1-20-7-6-8-21(2)36(20)17-18-41-35-30(37)23-11-14-25(15-12-23)33-29(22-9-4-3-5-10-22)28-26-16-13-24(32(39)40)19-27(26)34-31(28)38/h3-5,9-16,19-21,34,38H,6-8,17-18H2,1-2H3,(H,35,37)(H,39,40)/t20-,21+. The molecule has 1 aromatic heterocycles. The fourth-order valence-electron chi connectivity index (χ4n) is 5.48. The zero-order chi connectivity index (χ0) is 28.9. The molecule has 1 amide bonds. The van der Waals surface area contributed by atoms with Crippen LogP contribution in [0.4, 0.5) is 5.69 Å². The molecule has 212 valence electrons. The van der Waals surface area contributed by atoms with Crippen LogP contribution in [0.25, 0.3) is 10.9 Å². The molecule has 0 spiro atoms. The first kappa shape index (κ1) is 28.1. The first-order valence-corrected chi connectivity index (χ1v) is 13.8. The summed E-state index contributed by atoms with van der Waals surface area (Å²) in [5, 5.41) is 20.8. The summed E-state index contributed by atoms with van der Waals surface area (Å²) in [5.41, 5.74) is 5.85. The average Bonchev–Trinajstić information content (AvgIpc) is 3.30. The number of nitrogens with zero attached hydrogens (tertiary/aromatic N) is 2. The topological polar surface area (TPSA) is 127 Å². The summed E-state index contributed by atoms with van der Waals surface area (Å²) in [4.78, 5) is 39.7. The van der Waals surface area contributed by atoms with E-state index in [1.807, 2.05) is 30.3 Å². The number of aliphatic imine (C=N–C) groups is 1. The lowest BCUT2D eigenvalue weighted by Crippen LogP contribution is -2.45. The highest BCUT2D eigenvalue weighted by Crippen LogP contribution is 2.32. The van der Waals surface area contributed by atoms with E-state index >= 15 is 0 Å². The number of aromatic hydroxyl groups is 1. The normalized spacial score (nSPS) is 18.0. The van der Waals surface area contributed by atoms with Crippen LogP contribution in [0.15, 0.2) is 77.8 Å². The second-order valence-corrected chi connectivity index (χ2v) is 10.4. The van der Waals surface area contributed by atoms with Gasteiger partial charge in [-0.1, -0.05) is 42.8 Å². The summed E-state index contributed by atoms with van der Waals surface area (Å²) in [5.74, 6) is -1.51. The summed E-state index contributed by atoms with van der Waals surface area (Å²) in [7, 11) is 0. The van der Waals surface area contributed by atoms with E-state index < -0.39 is 5.97 Å². The third-order valence-electron chi connectivity index (χ3n) is 7.67. The Morgan fingerprint density at radius 3 is 2.34 bits per heavy atom. The summed E-state index contributed by atoms with van der Waals surface area (Å²) < 4.78 is 0. The van der Waals surface area contributed by atoms with Gasteiger partial charge < -0.3 is 15.2 Å². The number of hydrogen-bond acceptors (Lipinski definition) is 6. The van der Waals surface area contributed by atoms with Crippen molar-refractivity contribution < 1.29 is 24.6 Å². The van der Waals surface area contributed by atoms with Gasteiger partial charge in [0.2, 0.25) is 0 Å². The van der Waals surface area contributed by atoms with Crippen LogP contribution < -0.4 is 5.48 Å². The number of benzene rings is 3. The highest BCUT2D eigenvalue weighted by molar-refractivity contribution is 6.22. The lowest BCUT2D eigenvalue weighted by molar-refractivity contribution is 0.00546. The Balaban J connectivity index is 1.34. The highest BCUT2D eigenvalue weighted by atomic mass is 16.7. The predicted octanol–water partition coefficient (Wildman–Crippen LogP) is 5.67. The molecule has 5 rings (SSSR count). The van der Waals surface area contributed by atoms with Crippen molar-refractivity contribution in [3.05, 3.63) is 95.1 Å². The molecule has 9 nitrogen and oxygen atoms in total. The first-order valence-electron chi connectivity index (χ1n) is 13.8. The molecule has 1 saturated heterocycles. The van der Waals surface area contributed by atoms with E-state index in [9.17, 15) is 19.8 Å². The number of fused-ring (bicyclic) bond motifs is 1. The maximum Gasteiger partial charge on any atom is 0.335 e. The number of aromatic amines is 1. The van der Waals surface area contributed by atoms with Crippen LogP contribution in [-0.4, -0.2) is 62.9 Å². The summed E-state index contributed by atoms with van der Waals surface area (Å²) in [6.45, 7) is 5.63. The zero-order valence-electron chi connectivity index (χ0n) is 23.1. The molecular weight excluding hydrogens is 520 g/mol. The molecule has 0 saturated carbocycles. The van der Waals surface area contributed by atoms with Gasteiger partial charge in [0.05, 0.1) is 29.1 Å². The molecule has 1 aliphatic rings. The predicted molar refractivity (Wildman–Crippen MR) is 158 cm³/mol. The number of hydroxylamine groups is 1. The largest absolute Gasteiger partial charge is 0.494 e. The van der Waals surface area contributed by atoms with Gasteiger partial charge >= 0.3 is 5.97 Å². The summed E-state index contributed by atoms with van der Waals surface area (Å²) in [6, 6.07) is 21.8. The van der Waals surface area contributed by atoms with E-state index in [1.165, 1.54) is 31.4 Å². The van der Waals surface area contributed by atoms with Crippen LogP contribution in [0.3, 0.4) is 0 Å². The van der Waals surface area contributed by atoms with Crippen molar-refractivity contribution in [3.8, 4) is 5.88 Å². The van der Waals surface area contributed by atoms with Gasteiger partial charge in [-0.05, 0) is 63.1 Å². The Morgan fingerprint density at radius 1 is 0.976 bits per heavy atom. The molecule has 0 aliphatic carbocycles. The first-order chi connectivity index (χ1) is 19.8. The number of hydrogen-bond donors (Lipinski definition) is 4. The highest BCUT2D eigenvalue weighted by Gasteiger charge is 2.24. The molecule has 1 fully saturated rings. The van der Waals surface area contributed by atoms with Crippen molar-refractivity contribution in [2.75, 3.05) is 13.2 Å². The van der Waals surface area contributed by atoms with E-state index in [2.05, 4.69) is 29.2 Å². The van der Waals surface area contributed by atoms with Crippen molar-refractivity contribution in [2.45, 2.75) is 45.2 Å². The number of nitrogens with one attached hydrogen (secondary N) is 2. The SMILES string of the molecule is C[C@@H]1CCC[C@H](C)N1CCONC(=O)c1ccc(N=C(c2ccccc2)c2c(O)[nH]c3cc(C(=O)O)ccc23)cc1. The number of carbonyl (C=O) groups excluding carboxylic acids is 1. The fourth-order valence-corrected chi connectivity index (χ4v) is 5.48. The van der Waals surface area contributed by atoms with Crippen molar-refractivity contribution >= 4 is 34.2 Å². The summed E-state index contributed by atoms with van der Waals surface area (Å²) >= 11 is 0. The number of piperidine rings is 1. The van der Waals surface area contributed by atoms with E-state index in [4.69, 9.17) is 9.83 Å². The van der Waals surface area contributed by atoms with Gasteiger partial charge in [0.25, 0.3) is 5.91 Å². The molecule has 4 N–H and O–H groups in total. The van der Waals surface area contributed by atoms with Gasteiger partial charge in [0, 0.05) is 40.7 Å². The number of aromatic carboxylic acids is 1. The van der Waals surface area contributed by atoms with Gasteiger partial charge in [-0.25, -0.2) is 15.3 Å². The number of H-pyrrole nitrogens is 1. The van der Waals surface area contributed by atoms with Crippen LogP contribution in [0.5, 0.6) is 5.88 Å². The van der Waals surface area contributed by atoms with Crippen LogP contribution in [-0.2, 0) is 4.84 Å². The average molecular weight is 555 g/mol. The molecule has 2 heterocycles. The maximum absolute atomic E-state index is 12.7. The van der Waals surface area contributed by atoms with Gasteiger partial charge in [0.1, 0.15) is 0 Å². The molecule has 1 aliphatic heterocycles. The number of aromatic nitrogens is 1. The monoisotopic (exact) mass is 554 g/mol. The Morgan fingerprint density at radius 2 is 1.66 bits per heavy atom. The minimum Gasteiger partial charge on any atom is -0.494 e. The number of rotatable bonds is 9. The van der Waals surface area contributed by atoms with Crippen molar-refractivity contribution in [1.82, 2.24) is 15.4 Å². The smallest absolute Gasteiger partial charge is 0.335 e. The number of carbonyl (C=O) groups is 2. The molecule has 4 aromatic rings. The Bertz CT molecular complexity index is 1550. The molecule has 2 atom stereocenters. The van der Waals surface area contributed by atoms with Crippen LogP contribution in [0.1, 0.15) is 65.0 Å². The van der Waals surface area contributed by atoms with Gasteiger partial charge in [-0.2, -0.15) is 0 Å². The van der Waals surface area contributed by atoms with E-state index in [1.54, 1.807) is 30.3 Å². The quantitative estimate of drug-likeness (QED) is 0.120. The minimum absolute atomic E-state index is 0.108. The second kappa shape index (κ2) is 12.4. The third kappa shape index (κ3) is 6.32. The maximum atomic E-state index is 12.7. The Labute approximate surface area is 238 Å². The van der Waals surface area contributed by atoms with Gasteiger partial charge in [-0.15, -0.1) is 0 Å². The minimum atomic E-state index is -1.06. The van der Waals surface area contributed by atoms with Crippen LogP contribution >= 0.6 is 0 Å². The van der Waals surface area contributed by atoms with E-state index in [0.29, 0.717) is 52.1 Å². The molecule has 3 aromatic carbocycles. The van der Waals surface area contributed by atoms with E-state index in [0.717, 1.165) is 12.1 Å². The summed E-state index contributed by atoms with van der Waals surface area (Å²) in [6.07, 6.45) is 3.62. The molecule has 9 heteroatoms. The van der Waals surface area contributed by atoms with Crippen molar-refractivity contribution in [1.29, 1.82) is 0 Å². The Hall–Kier alpha value is -4.47. The Kier molecular flexibility index (Phi) is 8.47.